The van der Waals surface area contributed by atoms with Crippen molar-refractivity contribution < 1.29 is 4.92 Å². The first-order valence-electron chi connectivity index (χ1n) is 10.3. The number of anilines is 1. The van der Waals surface area contributed by atoms with Crippen LogP contribution in [0.3, 0.4) is 0 Å². The molecule has 0 amide bonds. The van der Waals surface area contributed by atoms with Crippen LogP contribution in [0.2, 0.25) is 5.02 Å². The van der Waals surface area contributed by atoms with Crippen molar-refractivity contribution in [1.29, 1.82) is 0 Å². The maximum Gasteiger partial charge on any atom is 0.269 e. The van der Waals surface area contributed by atoms with E-state index in [4.69, 9.17) is 11.6 Å². The van der Waals surface area contributed by atoms with Crippen LogP contribution in [0.15, 0.2) is 60.7 Å². The molecule has 0 saturated carbocycles. The first-order valence-corrected chi connectivity index (χ1v) is 10.7. The summed E-state index contributed by atoms with van der Waals surface area (Å²) in [7, 11) is 0. The van der Waals surface area contributed by atoms with Crippen LogP contribution in [-0.4, -0.2) is 11.5 Å². The van der Waals surface area contributed by atoms with E-state index in [0.717, 1.165) is 30.0 Å². The molecule has 5 heteroatoms. The fraction of sp³-hybridized carbons (Fsp3) is 0.333. The van der Waals surface area contributed by atoms with Gasteiger partial charge >= 0.3 is 0 Å². The Morgan fingerprint density at radius 3 is 2.62 bits per heavy atom. The van der Waals surface area contributed by atoms with Crippen molar-refractivity contribution in [2.24, 2.45) is 11.8 Å². The summed E-state index contributed by atoms with van der Waals surface area (Å²) in [5.41, 5.74) is 5.18. The van der Waals surface area contributed by atoms with E-state index in [1.54, 1.807) is 12.1 Å². The number of benzene rings is 2. The van der Waals surface area contributed by atoms with E-state index in [0.29, 0.717) is 23.7 Å². The normalized spacial score (nSPS) is 30.8. The Balaban J connectivity index is 1.57. The highest BCUT2D eigenvalue weighted by molar-refractivity contribution is 6.30. The molecule has 6 rings (SSSR count). The van der Waals surface area contributed by atoms with Crippen molar-refractivity contribution in [2.45, 2.75) is 30.7 Å². The molecule has 5 atom stereocenters. The second-order valence-corrected chi connectivity index (χ2v) is 9.12. The number of fused-ring (bicyclic) bond motifs is 4. The summed E-state index contributed by atoms with van der Waals surface area (Å²) in [5, 5.41) is 12.2. The molecule has 0 N–H and O–H groups in total. The van der Waals surface area contributed by atoms with Gasteiger partial charge in [-0.3, -0.25) is 10.1 Å². The Morgan fingerprint density at radius 1 is 1.03 bits per heavy atom. The van der Waals surface area contributed by atoms with Gasteiger partial charge in [-0.15, -0.1) is 0 Å². The topological polar surface area (TPSA) is 46.4 Å². The molecule has 4 nitrogen and oxygen atoms in total. The third-order valence-corrected chi connectivity index (χ3v) is 7.46. The van der Waals surface area contributed by atoms with Crippen LogP contribution in [0.1, 0.15) is 47.4 Å². The van der Waals surface area contributed by atoms with Gasteiger partial charge in [-0.1, -0.05) is 48.0 Å². The van der Waals surface area contributed by atoms with E-state index in [1.165, 1.54) is 16.8 Å². The number of nitrogens with zero attached hydrogens (tertiary/aromatic N) is 2. The minimum absolute atomic E-state index is 0.142. The quantitative estimate of drug-likeness (QED) is 0.343. The molecule has 2 heterocycles. The molecule has 0 spiro atoms. The van der Waals surface area contributed by atoms with Gasteiger partial charge < -0.3 is 4.90 Å². The van der Waals surface area contributed by atoms with Gasteiger partial charge in [0.05, 0.1) is 11.0 Å². The van der Waals surface area contributed by atoms with E-state index in [9.17, 15) is 10.1 Å². The predicted molar refractivity (Wildman–Crippen MR) is 115 cm³/mol. The maximum atomic E-state index is 11.4. The number of hydrogen-bond donors (Lipinski definition) is 0. The lowest BCUT2D eigenvalue weighted by atomic mass is 9.70. The Morgan fingerprint density at radius 2 is 1.79 bits per heavy atom. The summed E-state index contributed by atoms with van der Waals surface area (Å²) in [6, 6.07) is 11.7. The van der Waals surface area contributed by atoms with Gasteiger partial charge in [-0.2, -0.15) is 0 Å². The Kier molecular flexibility index (Phi) is 3.70. The molecule has 29 heavy (non-hydrogen) atoms. The first-order chi connectivity index (χ1) is 14.1. The summed E-state index contributed by atoms with van der Waals surface area (Å²) in [4.78, 5) is 13.7. The van der Waals surface area contributed by atoms with Crippen LogP contribution in [0.25, 0.3) is 0 Å². The zero-order chi connectivity index (χ0) is 19.7. The monoisotopic (exact) mass is 404 g/mol. The Hall–Kier alpha value is -2.59. The van der Waals surface area contributed by atoms with E-state index in [2.05, 4.69) is 47.4 Å². The number of allylic oxidation sites excluding steroid dienone is 4. The highest BCUT2D eigenvalue weighted by Crippen LogP contribution is 2.59. The van der Waals surface area contributed by atoms with Crippen LogP contribution >= 0.6 is 11.6 Å². The molecule has 146 valence electrons. The molecular formula is C24H21ClN2O2. The second-order valence-electron chi connectivity index (χ2n) is 8.69. The number of nitro benzene ring substituents is 1. The van der Waals surface area contributed by atoms with E-state index in [1.807, 2.05) is 6.07 Å². The molecule has 2 aromatic carbocycles. The summed E-state index contributed by atoms with van der Waals surface area (Å²) >= 11 is 6.58. The van der Waals surface area contributed by atoms with Gasteiger partial charge in [-0.05, 0) is 53.5 Å². The Labute approximate surface area is 174 Å². The number of non-ortho nitro benzene ring substituents is 1. The largest absolute Gasteiger partial charge is 0.363 e. The third kappa shape index (κ3) is 2.45. The summed E-state index contributed by atoms with van der Waals surface area (Å²) < 4.78 is 0. The van der Waals surface area contributed by atoms with E-state index >= 15 is 0 Å². The molecule has 0 fully saturated rings. The van der Waals surface area contributed by atoms with Crippen molar-refractivity contribution in [3.05, 3.63) is 92.5 Å². The molecule has 2 aliphatic heterocycles. The van der Waals surface area contributed by atoms with Crippen LogP contribution < -0.4 is 4.90 Å². The molecule has 0 saturated heterocycles. The third-order valence-electron chi connectivity index (χ3n) is 7.24. The standard InChI is InChI=1S/C24H21ClN2O2/c25-16-11-21-18-7-2-5-15(18)13-26-23(14-4-1-6-17(10-14)27(28)29)20-9-3-8-19(20)22(12-16)24(21)26/h1-4,6-8,10-12,15,18-20,23H,5,9,13H2/t15-,18-,19+,20-,23-/m1/s1. The highest BCUT2D eigenvalue weighted by Gasteiger charge is 2.47. The van der Waals surface area contributed by atoms with Crippen molar-refractivity contribution in [3.63, 3.8) is 0 Å². The highest BCUT2D eigenvalue weighted by atomic mass is 35.5. The molecule has 0 radical (unpaired) electrons. The number of nitro groups is 1. The van der Waals surface area contributed by atoms with E-state index in [-0.39, 0.29) is 16.7 Å². The van der Waals surface area contributed by atoms with Gasteiger partial charge in [-0.25, -0.2) is 0 Å². The zero-order valence-corrected chi connectivity index (χ0v) is 16.6. The lowest BCUT2D eigenvalue weighted by molar-refractivity contribution is -0.384. The summed E-state index contributed by atoms with van der Waals surface area (Å²) in [6.07, 6.45) is 11.3. The average Bonchev–Trinajstić information content (AvgIpc) is 3.37. The Bertz CT molecular complexity index is 1080. The zero-order valence-electron chi connectivity index (χ0n) is 15.9. The van der Waals surface area contributed by atoms with Gasteiger partial charge in [0.2, 0.25) is 0 Å². The average molecular weight is 405 g/mol. The molecule has 4 aliphatic rings. The SMILES string of the molecule is O=[N+]([O-])c1cccc([C@@H]2[C@@H]3CC=C[C@@H]3c3cc(Cl)cc4c3N2C[C@H]2CC=C[C@@H]42)c1. The molecule has 0 unspecified atom stereocenters. The summed E-state index contributed by atoms with van der Waals surface area (Å²) in [6.45, 7) is 0.982. The predicted octanol–water partition coefficient (Wildman–Crippen LogP) is 6.14. The first kappa shape index (κ1) is 17.3. The van der Waals surface area contributed by atoms with Crippen molar-refractivity contribution in [3.8, 4) is 0 Å². The van der Waals surface area contributed by atoms with Gasteiger partial charge in [0.15, 0.2) is 0 Å². The van der Waals surface area contributed by atoms with Crippen molar-refractivity contribution >= 4 is 23.0 Å². The van der Waals surface area contributed by atoms with Crippen LogP contribution in [0.5, 0.6) is 0 Å². The smallest absolute Gasteiger partial charge is 0.269 e. The second kappa shape index (κ2) is 6.20. The lowest BCUT2D eigenvalue weighted by Gasteiger charge is -2.51. The fourth-order valence-corrected chi connectivity index (χ4v) is 6.37. The molecule has 0 aromatic heterocycles. The molecule has 2 aromatic rings. The van der Waals surface area contributed by atoms with E-state index < -0.39 is 0 Å². The van der Waals surface area contributed by atoms with Gasteiger partial charge in [0.25, 0.3) is 5.69 Å². The lowest BCUT2D eigenvalue weighted by Crippen LogP contribution is -2.46. The number of rotatable bonds is 2. The fourth-order valence-electron chi connectivity index (χ4n) is 6.14. The molecule has 0 bridgehead atoms. The number of halogens is 1. The molecular weight excluding hydrogens is 384 g/mol. The summed E-state index contributed by atoms with van der Waals surface area (Å²) in [5.74, 6) is 1.65. The molecule has 2 aliphatic carbocycles. The maximum absolute atomic E-state index is 11.4. The minimum atomic E-state index is -0.289. The van der Waals surface area contributed by atoms with Crippen LogP contribution in [-0.2, 0) is 0 Å². The van der Waals surface area contributed by atoms with Gasteiger partial charge in [0, 0.05) is 41.2 Å². The van der Waals surface area contributed by atoms with Crippen molar-refractivity contribution in [1.82, 2.24) is 0 Å². The minimum Gasteiger partial charge on any atom is -0.363 e. The number of hydrogen-bond acceptors (Lipinski definition) is 3. The van der Waals surface area contributed by atoms with Crippen LogP contribution in [0.4, 0.5) is 11.4 Å². The van der Waals surface area contributed by atoms with Crippen LogP contribution in [0, 0.1) is 22.0 Å². The van der Waals surface area contributed by atoms with Crippen molar-refractivity contribution in [2.75, 3.05) is 11.4 Å². The van der Waals surface area contributed by atoms with Gasteiger partial charge in [0.1, 0.15) is 0 Å².